The van der Waals surface area contributed by atoms with Gasteiger partial charge in [-0.15, -0.1) is 0 Å². The Kier molecular flexibility index (Phi) is 5.02. The molecule has 6 heteroatoms. The van der Waals surface area contributed by atoms with Gasteiger partial charge >= 0.3 is 11.9 Å². The Morgan fingerprint density at radius 1 is 0.923 bits per heavy atom. The molecule has 3 rings (SSSR count). The third-order valence-corrected chi connectivity index (χ3v) is 4.50. The van der Waals surface area contributed by atoms with Crippen LogP contribution in [0.5, 0.6) is 0 Å². The van der Waals surface area contributed by atoms with Gasteiger partial charge in [0.15, 0.2) is 0 Å². The summed E-state index contributed by atoms with van der Waals surface area (Å²) in [7, 11) is 2.43. The lowest BCUT2D eigenvalue weighted by Crippen LogP contribution is -2.45. The molecule has 0 aromatic heterocycles. The molecule has 1 amide bonds. The number of carbonyl (C=O) groups is 3. The fraction of sp³-hybridized carbons (Fsp3) is 0.250. The number of esters is 2. The number of hydrogen-bond donors (Lipinski definition) is 1. The highest BCUT2D eigenvalue weighted by atomic mass is 16.5. The van der Waals surface area contributed by atoms with Crippen molar-refractivity contribution in [3.8, 4) is 11.1 Å². The van der Waals surface area contributed by atoms with Crippen LogP contribution in [0.2, 0.25) is 0 Å². The largest absolute Gasteiger partial charge is 0.469 e. The zero-order valence-electron chi connectivity index (χ0n) is 14.5. The van der Waals surface area contributed by atoms with Crippen LogP contribution in [0.25, 0.3) is 11.1 Å². The Balaban J connectivity index is 1.91. The van der Waals surface area contributed by atoms with Crippen molar-refractivity contribution in [3.05, 3.63) is 59.7 Å². The molecule has 2 aromatic rings. The third kappa shape index (κ3) is 3.18. The maximum atomic E-state index is 13.0. The molecule has 0 radical (unpaired) electrons. The van der Waals surface area contributed by atoms with Gasteiger partial charge in [0.25, 0.3) is 0 Å². The molecular formula is C20H19NO5. The number of methoxy groups -OCH3 is 2. The Morgan fingerprint density at radius 2 is 1.46 bits per heavy atom. The van der Waals surface area contributed by atoms with Crippen LogP contribution in [0.4, 0.5) is 0 Å². The van der Waals surface area contributed by atoms with Gasteiger partial charge in [-0.2, -0.15) is 0 Å². The first-order chi connectivity index (χ1) is 12.6. The van der Waals surface area contributed by atoms with E-state index in [-0.39, 0.29) is 12.3 Å². The molecule has 134 valence electrons. The van der Waals surface area contributed by atoms with Gasteiger partial charge in [0.05, 0.1) is 26.6 Å². The van der Waals surface area contributed by atoms with Crippen LogP contribution in [-0.4, -0.2) is 38.1 Å². The first kappa shape index (κ1) is 17.7. The van der Waals surface area contributed by atoms with Crippen molar-refractivity contribution in [2.75, 3.05) is 14.2 Å². The second kappa shape index (κ2) is 7.39. The van der Waals surface area contributed by atoms with Crippen LogP contribution in [-0.2, 0) is 23.9 Å². The van der Waals surface area contributed by atoms with E-state index in [9.17, 15) is 14.4 Å². The summed E-state index contributed by atoms with van der Waals surface area (Å²) >= 11 is 0. The van der Waals surface area contributed by atoms with Crippen molar-refractivity contribution in [3.63, 3.8) is 0 Å². The van der Waals surface area contributed by atoms with Gasteiger partial charge in [-0.1, -0.05) is 48.5 Å². The minimum absolute atomic E-state index is 0.287. The molecule has 0 fully saturated rings. The molecule has 0 spiro atoms. The molecule has 2 aromatic carbocycles. The molecule has 0 unspecified atom stereocenters. The number of nitrogens with one attached hydrogen (secondary N) is 1. The van der Waals surface area contributed by atoms with Crippen molar-refractivity contribution < 1.29 is 23.9 Å². The van der Waals surface area contributed by atoms with Crippen molar-refractivity contribution in [1.29, 1.82) is 0 Å². The number of amides is 1. The van der Waals surface area contributed by atoms with Crippen LogP contribution < -0.4 is 5.32 Å². The first-order valence-electron chi connectivity index (χ1n) is 8.20. The summed E-state index contributed by atoms with van der Waals surface area (Å²) in [6, 6.07) is 14.2. The fourth-order valence-corrected chi connectivity index (χ4v) is 3.28. The van der Waals surface area contributed by atoms with E-state index in [1.165, 1.54) is 14.2 Å². The van der Waals surface area contributed by atoms with Crippen LogP contribution in [0.15, 0.2) is 48.5 Å². The number of fused-ring (bicyclic) bond motifs is 3. The van der Waals surface area contributed by atoms with E-state index in [2.05, 4.69) is 10.1 Å². The van der Waals surface area contributed by atoms with E-state index >= 15 is 0 Å². The molecule has 6 nitrogen and oxygen atoms in total. The number of hydrogen-bond acceptors (Lipinski definition) is 5. The highest BCUT2D eigenvalue weighted by Gasteiger charge is 2.36. The van der Waals surface area contributed by atoms with Crippen LogP contribution in [0.1, 0.15) is 23.5 Å². The van der Waals surface area contributed by atoms with Gasteiger partial charge in [-0.3, -0.25) is 9.59 Å². The van der Waals surface area contributed by atoms with Gasteiger partial charge in [0.2, 0.25) is 5.91 Å². The number of benzene rings is 2. The van der Waals surface area contributed by atoms with Gasteiger partial charge in [0, 0.05) is 0 Å². The quantitative estimate of drug-likeness (QED) is 0.832. The summed E-state index contributed by atoms with van der Waals surface area (Å²) in [6.45, 7) is 0. The van der Waals surface area contributed by atoms with Crippen molar-refractivity contribution >= 4 is 17.8 Å². The molecule has 1 N–H and O–H groups in total. The zero-order valence-corrected chi connectivity index (χ0v) is 14.5. The van der Waals surface area contributed by atoms with Crippen LogP contribution >= 0.6 is 0 Å². The summed E-state index contributed by atoms with van der Waals surface area (Å²) in [4.78, 5) is 36.5. The second-order valence-corrected chi connectivity index (χ2v) is 5.97. The van der Waals surface area contributed by atoms with Gasteiger partial charge in [-0.25, -0.2) is 4.79 Å². The Morgan fingerprint density at radius 3 is 1.96 bits per heavy atom. The van der Waals surface area contributed by atoms with Gasteiger partial charge in [-0.05, 0) is 22.3 Å². The van der Waals surface area contributed by atoms with E-state index in [0.717, 1.165) is 22.3 Å². The average Bonchev–Trinajstić information content (AvgIpc) is 3.01. The SMILES string of the molecule is COC(=O)C[C@H](NC(=O)C1c2ccccc2-c2ccccc21)C(=O)OC. The van der Waals surface area contributed by atoms with Gasteiger partial charge < -0.3 is 14.8 Å². The number of carbonyl (C=O) groups excluding carboxylic acids is 3. The normalized spacial score (nSPS) is 13.3. The topological polar surface area (TPSA) is 81.7 Å². The Labute approximate surface area is 151 Å². The van der Waals surface area contributed by atoms with Gasteiger partial charge in [0.1, 0.15) is 6.04 Å². The Bertz CT molecular complexity index is 815. The molecule has 26 heavy (non-hydrogen) atoms. The van der Waals surface area contributed by atoms with E-state index in [0.29, 0.717) is 0 Å². The smallest absolute Gasteiger partial charge is 0.328 e. The van der Waals surface area contributed by atoms with Crippen LogP contribution in [0, 0.1) is 0 Å². The van der Waals surface area contributed by atoms with E-state index < -0.39 is 23.9 Å². The predicted molar refractivity (Wildman–Crippen MR) is 94.3 cm³/mol. The maximum Gasteiger partial charge on any atom is 0.328 e. The van der Waals surface area contributed by atoms with E-state index in [1.807, 2.05) is 48.5 Å². The summed E-state index contributed by atoms with van der Waals surface area (Å²) in [5.74, 6) is -2.20. The summed E-state index contributed by atoms with van der Waals surface area (Å²) < 4.78 is 9.30. The zero-order chi connectivity index (χ0) is 18.7. The minimum Gasteiger partial charge on any atom is -0.469 e. The third-order valence-electron chi connectivity index (χ3n) is 4.50. The van der Waals surface area contributed by atoms with E-state index in [4.69, 9.17) is 4.74 Å². The lowest BCUT2D eigenvalue weighted by molar-refractivity contribution is -0.150. The van der Waals surface area contributed by atoms with Crippen molar-refractivity contribution in [1.82, 2.24) is 5.32 Å². The fourth-order valence-electron chi connectivity index (χ4n) is 3.28. The summed E-state index contributed by atoms with van der Waals surface area (Å²) in [6.07, 6.45) is -0.287. The highest BCUT2D eigenvalue weighted by Crippen LogP contribution is 2.44. The molecule has 0 aliphatic heterocycles. The van der Waals surface area contributed by atoms with Crippen molar-refractivity contribution in [2.24, 2.45) is 0 Å². The lowest BCUT2D eigenvalue weighted by Gasteiger charge is -2.19. The van der Waals surface area contributed by atoms with Crippen molar-refractivity contribution in [2.45, 2.75) is 18.4 Å². The molecule has 0 heterocycles. The van der Waals surface area contributed by atoms with E-state index in [1.54, 1.807) is 0 Å². The molecule has 1 aliphatic rings. The molecule has 0 saturated heterocycles. The summed E-state index contributed by atoms with van der Waals surface area (Å²) in [5.41, 5.74) is 3.72. The second-order valence-electron chi connectivity index (χ2n) is 5.97. The molecule has 1 aliphatic carbocycles. The summed E-state index contributed by atoms with van der Waals surface area (Å²) in [5, 5.41) is 2.64. The Hall–Kier alpha value is -3.15. The van der Waals surface area contributed by atoms with Crippen LogP contribution in [0.3, 0.4) is 0 Å². The molecule has 1 atom stereocenters. The number of ether oxygens (including phenoxy) is 2. The monoisotopic (exact) mass is 353 g/mol. The highest BCUT2D eigenvalue weighted by molar-refractivity contribution is 5.98. The molecule has 0 bridgehead atoms. The molecule has 0 saturated carbocycles. The first-order valence-corrected chi connectivity index (χ1v) is 8.20. The average molecular weight is 353 g/mol. The molecular weight excluding hydrogens is 334 g/mol. The number of rotatable bonds is 5. The predicted octanol–water partition coefficient (Wildman–Crippen LogP) is 2.02. The standard InChI is InChI=1S/C20H19NO5/c1-25-17(22)11-16(20(24)26-2)21-19(23)18-14-9-5-3-7-12(14)13-8-4-6-10-15(13)18/h3-10,16,18H,11H2,1-2H3,(H,21,23)/t16-/m0/s1. The minimum atomic E-state index is -1.10. The lowest BCUT2D eigenvalue weighted by atomic mass is 9.95. The maximum absolute atomic E-state index is 13.0.